The molecular formula is C33H33NO9. The summed E-state index contributed by atoms with van der Waals surface area (Å²) in [5.41, 5.74) is 4.15. The second kappa shape index (κ2) is 11.0. The molecule has 3 aromatic carbocycles. The molecule has 43 heavy (non-hydrogen) atoms. The Kier molecular flexibility index (Phi) is 7.21. The average Bonchev–Trinajstić information content (AvgIpc) is 3.38. The van der Waals surface area contributed by atoms with E-state index in [1.807, 2.05) is 29.7 Å². The number of benzene rings is 3. The summed E-state index contributed by atoms with van der Waals surface area (Å²) in [5.74, 6) is 2.83. The molecule has 0 saturated carbocycles. The van der Waals surface area contributed by atoms with Gasteiger partial charge in [-0.1, -0.05) is 13.0 Å². The third-order valence-corrected chi connectivity index (χ3v) is 7.90. The van der Waals surface area contributed by atoms with E-state index < -0.39 is 5.63 Å². The van der Waals surface area contributed by atoms with E-state index >= 15 is 0 Å². The van der Waals surface area contributed by atoms with Gasteiger partial charge in [-0.25, -0.2) is 4.79 Å². The third-order valence-electron chi connectivity index (χ3n) is 7.90. The Bertz CT molecular complexity index is 1940. The lowest BCUT2D eigenvalue weighted by atomic mass is 9.91. The van der Waals surface area contributed by atoms with Crippen LogP contribution in [0, 0.1) is 0 Å². The summed E-state index contributed by atoms with van der Waals surface area (Å²) in [6.07, 6.45) is 1.37. The molecule has 6 rings (SSSR count). The van der Waals surface area contributed by atoms with Crippen molar-refractivity contribution >= 4 is 21.9 Å². The maximum atomic E-state index is 13.8. The van der Waals surface area contributed by atoms with Crippen LogP contribution >= 0.6 is 0 Å². The number of hydrogen-bond acceptors (Lipinski definition) is 9. The van der Waals surface area contributed by atoms with Gasteiger partial charge in [-0.2, -0.15) is 0 Å². The van der Waals surface area contributed by atoms with E-state index in [0.29, 0.717) is 81.5 Å². The first-order valence-corrected chi connectivity index (χ1v) is 13.9. The highest BCUT2D eigenvalue weighted by molar-refractivity contribution is 6.17. The molecule has 0 bridgehead atoms. The van der Waals surface area contributed by atoms with Gasteiger partial charge in [0.1, 0.15) is 11.1 Å². The number of aromatic hydroxyl groups is 1. The standard InChI is InChI=1S/C33H33NO9/c1-7-12-42-25-16-23-20(15-24(25)38-3)28-27(17-8-9-22(37-2)21(35)13-17)29-19-14-26(39-4)32(41-6)31(40-5)18(19)10-11-34(29)30(28)33(36)43-23/h8-9,13-16,35H,7,10-12H2,1-6H3. The second-order valence-electron chi connectivity index (χ2n) is 10.1. The molecule has 0 unspecified atom stereocenters. The number of rotatable bonds is 9. The summed E-state index contributed by atoms with van der Waals surface area (Å²) < 4.78 is 42.1. The molecule has 0 saturated heterocycles. The highest BCUT2D eigenvalue weighted by Crippen LogP contribution is 2.53. The molecule has 3 heterocycles. The predicted octanol–water partition coefficient (Wildman–Crippen LogP) is 6.18. The minimum atomic E-state index is -0.491. The third kappa shape index (κ3) is 4.28. The largest absolute Gasteiger partial charge is 0.504 e. The van der Waals surface area contributed by atoms with Crippen LogP contribution in [-0.4, -0.2) is 51.8 Å². The van der Waals surface area contributed by atoms with Crippen molar-refractivity contribution in [3.8, 4) is 62.6 Å². The van der Waals surface area contributed by atoms with Crippen LogP contribution in [0.1, 0.15) is 18.9 Å². The molecule has 0 amide bonds. The van der Waals surface area contributed by atoms with Gasteiger partial charge in [0.05, 0.1) is 47.8 Å². The highest BCUT2D eigenvalue weighted by Gasteiger charge is 2.33. The lowest BCUT2D eigenvalue weighted by Gasteiger charge is -2.25. The molecular weight excluding hydrogens is 554 g/mol. The number of methoxy groups -OCH3 is 5. The topological polar surface area (TPSA) is 111 Å². The van der Waals surface area contributed by atoms with Gasteiger partial charge in [-0.3, -0.25) is 0 Å². The molecule has 10 nitrogen and oxygen atoms in total. The van der Waals surface area contributed by atoms with E-state index in [-0.39, 0.29) is 5.75 Å². The van der Waals surface area contributed by atoms with Gasteiger partial charge in [0.25, 0.3) is 0 Å². The first kappa shape index (κ1) is 28.1. The van der Waals surface area contributed by atoms with E-state index in [1.54, 1.807) is 46.6 Å². The minimum Gasteiger partial charge on any atom is -0.504 e. The molecule has 0 aliphatic carbocycles. The summed E-state index contributed by atoms with van der Waals surface area (Å²) in [5, 5.41) is 12.2. The lowest BCUT2D eigenvalue weighted by molar-refractivity contribution is 0.294. The van der Waals surface area contributed by atoms with Crippen LogP contribution in [-0.2, 0) is 13.0 Å². The number of aromatic nitrogens is 1. The zero-order valence-corrected chi connectivity index (χ0v) is 25.0. The molecule has 5 aromatic rings. The SMILES string of the molecule is CCCOc1cc2oc(=O)c3c(c(-c4ccc(OC)c(O)c4)c4n3CCc3c-4cc(OC)c(OC)c3OC)c2cc1OC. The average molecular weight is 588 g/mol. The van der Waals surface area contributed by atoms with Gasteiger partial charge in [0.15, 0.2) is 34.5 Å². The molecule has 224 valence electrons. The minimum absolute atomic E-state index is 0.0332. The summed E-state index contributed by atoms with van der Waals surface area (Å²) in [6.45, 7) is 2.96. The van der Waals surface area contributed by atoms with Gasteiger partial charge in [0.2, 0.25) is 5.75 Å². The van der Waals surface area contributed by atoms with Crippen LogP contribution in [0.25, 0.3) is 44.3 Å². The normalized spacial score (nSPS) is 12.1. The first-order chi connectivity index (χ1) is 20.9. The molecule has 0 fully saturated rings. The van der Waals surface area contributed by atoms with Crippen molar-refractivity contribution in [3.05, 3.63) is 52.4 Å². The van der Waals surface area contributed by atoms with Crippen LogP contribution in [0.3, 0.4) is 0 Å². The Morgan fingerprint density at radius 2 is 1.60 bits per heavy atom. The summed E-state index contributed by atoms with van der Waals surface area (Å²) in [7, 11) is 7.80. The fraction of sp³-hybridized carbons (Fsp3) is 0.303. The summed E-state index contributed by atoms with van der Waals surface area (Å²) in [4.78, 5) is 13.8. The fourth-order valence-corrected chi connectivity index (χ4v) is 6.08. The van der Waals surface area contributed by atoms with Crippen molar-refractivity contribution in [2.24, 2.45) is 0 Å². The fourth-order valence-electron chi connectivity index (χ4n) is 6.08. The van der Waals surface area contributed by atoms with E-state index in [4.69, 9.17) is 32.8 Å². The molecule has 10 heteroatoms. The van der Waals surface area contributed by atoms with Crippen molar-refractivity contribution < 1.29 is 37.9 Å². The Morgan fingerprint density at radius 3 is 2.26 bits per heavy atom. The van der Waals surface area contributed by atoms with Crippen LogP contribution in [0.15, 0.2) is 45.6 Å². The molecule has 1 aliphatic heterocycles. The van der Waals surface area contributed by atoms with Crippen molar-refractivity contribution in [1.82, 2.24) is 4.57 Å². The van der Waals surface area contributed by atoms with Crippen molar-refractivity contribution in [2.75, 3.05) is 42.2 Å². The molecule has 1 N–H and O–H groups in total. The number of phenols is 1. The van der Waals surface area contributed by atoms with E-state index in [9.17, 15) is 9.90 Å². The predicted molar refractivity (Wildman–Crippen MR) is 163 cm³/mol. The van der Waals surface area contributed by atoms with Gasteiger partial charge < -0.3 is 42.5 Å². The molecule has 0 radical (unpaired) electrons. The second-order valence-corrected chi connectivity index (χ2v) is 10.1. The summed E-state index contributed by atoms with van der Waals surface area (Å²) >= 11 is 0. The molecule has 2 aromatic heterocycles. The molecule has 1 aliphatic rings. The van der Waals surface area contributed by atoms with Gasteiger partial charge in [0, 0.05) is 40.1 Å². The van der Waals surface area contributed by atoms with E-state index in [1.165, 1.54) is 7.11 Å². The Labute approximate surface area is 247 Å². The Balaban J connectivity index is 1.80. The van der Waals surface area contributed by atoms with Crippen LogP contribution in [0.5, 0.6) is 40.2 Å². The smallest absolute Gasteiger partial charge is 0.361 e. The lowest BCUT2D eigenvalue weighted by Crippen LogP contribution is -2.16. The zero-order chi connectivity index (χ0) is 30.4. The number of hydrogen-bond donors (Lipinski definition) is 1. The molecule has 0 atom stereocenters. The van der Waals surface area contributed by atoms with Crippen molar-refractivity contribution in [3.63, 3.8) is 0 Å². The quantitative estimate of drug-likeness (QED) is 0.202. The van der Waals surface area contributed by atoms with Crippen molar-refractivity contribution in [1.29, 1.82) is 0 Å². The highest BCUT2D eigenvalue weighted by atomic mass is 16.5. The van der Waals surface area contributed by atoms with Gasteiger partial charge in [-0.05, 0) is 42.7 Å². The number of ether oxygens (including phenoxy) is 6. The van der Waals surface area contributed by atoms with Gasteiger partial charge in [-0.15, -0.1) is 0 Å². The van der Waals surface area contributed by atoms with E-state index in [0.717, 1.165) is 28.8 Å². The summed E-state index contributed by atoms with van der Waals surface area (Å²) in [6, 6.07) is 10.6. The van der Waals surface area contributed by atoms with Gasteiger partial charge >= 0.3 is 5.63 Å². The van der Waals surface area contributed by atoms with Crippen LogP contribution in [0.2, 0.25) is 0 Å². The Hall–Kier alpha value is -4.99. The first-order valence-electron chi connectivity index (χ1n) is 13.9. The van der Waals surface area contributed by atoms with E-state index in [2.05, 4.69) is 0 Å². The van der Waals surface area contributed by atoms with Crippen LogP contribution in [0.4, 0.5) is 0 Å². The number of aryl methyl sites for hydroxylation is 1. The number of phenolic OH excluding ortho intramolecular Hbond substituents is 1. The maximum absolute atomic E-state index is 13.8. The Morgan fingerprint density at radius 1 is 0.860 bits per heavy atom. The number of fused-ring (bicyclic) bond motifs is 7. The van der Waals surface area contributed by atoms with Crippen LogP contribution < -0.4 is 34.0 Å². The number of nitrogens with zero attached hydrogens (tertiary/aromatic N) is 1. The molecule has 0 spiro atoms. The van der Waals surface area contributed by atoms with Crippen molar-refractivity contribution in [2.45, 2.75) is 26.3 Å². The zero-order valence-electron chi connectivity index (χ0n) is 25.0. The monoisotopic (exact) mass is 587 g/mol. The maximum Gasteiger partial charge on any atom is 0.361 e.